The molecular formula is C8H14ClNO3S. The topological polar surface area (TPSA) is 55.4 Å². The van der Waals surface area contributed by atoms with Crippen LogP contribution in [0, 0.1) is 0 Å². The molecule has 4 nitrogen and oxygen atoms in total. The molecule has 0 spiro atoms. The van der Waals surface area contributed by atoms with Crippen LogP contribution >= 0.6 is 23.4 Å². The summed E-state index contributed by atoms with van der Waals surface area (Å²) >= 11 is 7.20. The van der Waals surface area contributed by atoms with E-state index in [2.05, 4.69) is 10.1 Å². The van der Waals surface area contributed by atoms with Crippen molar-refractivity contribution in [3.63, 3.8) is 0 Å². The van der Waals surface area contributed by atoms with Gasteiger partial charge in [0, 0.05) is 18.7 Å². The van der Waals surface area contributed by atoms with Crippen molar-refractivity contribution < 1.29 is 14.3 Å². The number of esters is 1. The summed E-state index contributed by atoms with van der Waals surface area (Å²) in [5, 5.41) is 1.74. The Kier molecular flexibility index (Phi) is 7.70. The number of carbonyl (C=O) groups is 2. The van der Waals surface area contributed by atoms with Crippen LogP contribution in [0.5, 0.6) is 0 Å². The second-order valence-electron chi connectivity index (χ2n) is 2.54. The first-order valence-electron chi connectivity index (χ1n) is 4.09. The molecule has 82 valence electrons. The lowest BCUT2D eigenvalue weighted by Gasteiger charge is -2.08. The van der Waals surface area contributed by atoms with E-state index >= 15 is 0 Å². The molecule has 1 atom stereocenters. The molecule has 0 radical (unpaired) electrons. The van der Waals surface area contributed by atoms with E-state index in [9.17, 15) is 9.59 Å². The Balaban J connectivity index is 3.60. The Hall–Kier alpha value is -0.420. The van der Waals surface area contributed by atoms with Gasteiger partial charge in [0.05, 0.1) is 7.11 Å². The van der Waals surface area contributed by atoms with Gasteiger partial charge in [0.15, 0.2) is 0 Å². The third-order valence-electron chi connectivity index (χ3n) is 1.47. The van der Waals surface area contributed by atoms with Crippen molar-refractivity contribution in [3.05, 3.63) is 0 Å². The molecule has 0 rings (SSSR count). The van der Waals surface area contributed by atoms with Crippen molar-refractivity contribution in [1.82, 2.24) is 5.32 Å². The summed E-state index contributed by atoms with van der Waals surface area (Å²) in [7, 11) is 1.26. The molecular weight excluding hydrogens is 226 g/mol. The van der Waals surface area contributed by atoms with Gasteiger partial charge >= 0.3 is 5.97 Å². The standard InChI is InChI=1S/C8H14ClNO3S/c1-13-8(12)6(9)5-10-7(11)3-4-14-2/h6H,3-5H2,1-2H3,(H,10,11). The van der Waals surface area contributed by atoms with E-state index < -0.39 is 11.3 Å². The van der Waals surface area contributed by atoms with E-state index in [-0.39, 0.29) is 12.5 Å². The zero-order valence-electron chi connectivity index (χ0n) is 8.21. The molecule has 1 amide bonds. The normalized spacial score (nSPS) is 11.9. The largest absolute Gasteiger partial charge is 0.468 e. The number of amides is 1. The maximum Gasteiger partial charge on any atom is 0.325 e. The minimum atomic E-state index is -0.807. The van der Waals surface area contributed by atoms with Gasteiger partial charge in [0.2, 0.25) is 5.91 Å². The Morgan fingerprint density at radius 1 is 1.57 bits per heavy atom. The molecule has 0 aromatic heterocycles. The van der Waals surface area contributed by atoms with Gasteiger partial charge in [-0.3, -0.25) is 9.59 Å². The lowest BCUT2D eigenvalue weighted by Crippen LogP contribution is -2.34. The maximum atomic E-state index is 11.1. The summed E-state index contributed by atoms with van der Waals surface area (Å²) in [6.45, 7) is 0.113. The average Bonchev–Trinajstić information content (AvgIpc) is 2.21. The number of carbonyl (C=O) groups excluding carboxylic acids is 2. The minimum Gasteiger partial charge on any atom is -0.468 e. The molecule has 14 heavy (non-hydrogen) atoms. The summed E-state index contributed by atoms with van der Waals surface area (Å²) in [5.74, 6) is 0.127. The quantitative estimate of drug-likeness (QED) is 0.546. The summed E-state index contributed by atoms with van der Waals surface area (Å²) in [4.78, 5) is 21.9. The van der Waals surface area contributed by atoms with Gasteiger partial charge in [-0.1, -0.05) is 0 Å². The molecule has 6 heteroatoms. The van der Waals surface area contributed by atoms with Crippen LogP contribution in [0.25, 0.3) is 0 Å². The number of thioether (sulfide) groups is 1. The van der Waals surface area contributed by atoms with Gasteiger partial charge in [-0.25, -0.2) is 0 Å². The number of methoxy groups -OCH3 is 1. The van der Waals surface area contributed by atoms with Crippen LogP contribution in [0.3, 0.4) is 0 Å². The van der Waals surface area contributed by atoms with E-state index in [0.29, 0.717) is 6.42 Å². The zero-order valence-corrected chi connectivity index (χ0v) is 9.78. The first-order chi connectivity index (χ1) is 6.61. The van der Waals surface area contributed by atoms with Crippen LogP contribution < -0.4 is 5.32 Å². The highest BCUT2D eigenvalue weighted by Crippen LogP contribution is 1.98. The molecule has 0 heterocycles. The summed E-state index contributed by atoms with van der Waals surface area (Å²) < 4.78 is 4.40. The Morgan fingerprint density at radius 2 is 2.21 bits per heavy atom. The molecule has 0 aromatic rings. The van der Waals surface area contributed by atoms with Gasteiger partial charge in [0.25, 0.3) is 0 Å². The second kappa shape index (κ2) is 7.94. The summed E-state index contributed by atoms with van der Waals surface area (Å²) in [6.07, 6.45) is 2.36. The summed E-state index contributed by atoms with van der Waals surface area (Å²) in [6, 6.07) is 0. The lowest BCUT2D eigenvalue weighted by molar-refractivity contribution is -0.140. The fourth-order valence-electron chi connectivity index (χ4n) is 0.698. The van der Waals surface area contributed by atoms with Crippen LogP contribution in [-0.2, 0) is 14.3 Å². The Labute approximate surface area is 92.7 Å². The number of hydrogen-bond acceptors (Lipinski definition) is 4. The first kappa shape index (κ1) is 13.6. The van der Waals surface area contributed by atoms with E-state index in [1.807, 2.05) is 6.26 Å². The molecule has 0 saturated heterocycles. The van der Waals surface area contributed by atoms with Crippen LogP contribution in [0.2, 0.25) is 0 Å². The highest BCUT2D eigenvalue weighted by atomic mass is 35.5. The fraction of sp³-hybridized carbons (Fsp3) is 0.750. The van der Waals surface area contributed by atoms with Crippen molar-refractivity contribution in [3.8, 4) is 0 Å². The molecule has 0 aliphatic heterocycles. The molecule has 1 unspecified atom stereocenters. The smallest absolute Gasteiger partial charge is 0.325 e. The van der Waals surface area contributed by atoms with Crippen molar-refractivity contribution in [2.75, 3.05) is 25.7 Å². The molecule has 0 aliphatic carbocycles. The van der Waals surface area contributed by atoms with Gasteiger partial charge in [-0.05, 0) is 6.26 Å². The predicted molar refractivity (Wildman–Crippen MR) is 57.7 cm³/mol. The van der Waals surface area contributed by atoms with E-state index in [1.165, 1.54) is 7.11 Å². The van der Waals surface area contributed by atoms with E-state index in [4.69, 9.17) is 11.6 Å². The lowest BCUT2D eigenvalue weighted by atomic mass is 10.4. The SMILES string of the molecule is COC(=O)C(Cl)CNC(=O)CCSC. The average molecular weight is 240 g/mol. The second-order valence-corrected chi connectivity index (χ2v) is 4.05. The van der Waals surface area contributed by atoms with Gasteiger partial charge in [-0.2, -0.15) is 11.8 Å². The number of ether oxygens (including phenoxy) is 1. The molecule has 0 aliphatic rings. The Morgan fingerprint density at radius 3 is 2.71 bits per heavy atom. The number of alkyl halides is 1. The van der Waals surface area contributed by atoms with Crippen LogP contribution in [-0.4, -0.2) is 42.9 Å². The fourth-order valence-corrected chi connectivity index (χ4v) is 1.25. The summed E-state index contributed by atoms with van der Waals surface area (Å²) in [5.41, 5.74) is 0. The predicted octanol–water partition coefficient (Wildman–Crippen LogP) is 0.636. The third-order valence-corrected chi connectivity index (χ3v) is 2.41. The van der Waals surface area contributed by atoms with E-state index in [1.54, 1.807) is 11.8 Å². The molecule has 0 saturated carbocycles. The van der Waals surface area contributed by atoms with Crippen LogP contribution in [0.1, 0.15) is 6.42 Å². The minimum absolute atomic E-state index is 0.103. The number of hydrogen-bond donors (Lipinski definition) is 1. The Bertz CT molecular complexity index is 201. The molecule has 0 bridgehead atoms. The number of nitrogens with one attached hydrogen (secondary N) is 1. The monoisotopic (exact) mass is 239 g/mol. The molecule has 0 fully saturated rings. The first-order valence-corrected chi connectivity index (χ1v) is 5.92. The molecule has 1 N–H and O–H groups in total. The van der Waals surface area contributed by atoms with Crippen LogP contribution in [0.4, 0.5) is 0 Å². The van der Waals surface area contributed by atoms with E-state index in [0.717, 1.165) is 5.75 Å². The number of rotatable bonds is 6. The zero-order chi connectivity index (χ0) is 11.0. The number of halogens is 1. The van der Waals surface area contributed by atoms with Gasteiger partial charge < -0.3 is 10.1 Å². The third kappa shape index (κ3) is 6.10. The maximum absolute atomic E-state index is 11.1. The van der Waals surface area contributed by atoms with Crippen molar-refractivity contribution in [1.29, 1.82) is 0 Å². The van der Waals surface area contributed by atoms with Gasteiger partial charge in [0.1, 0.15) is 5.38 Å². The highest BCUT2D eigenvalue weighted by Gasteiger charge is 2.15. The van der Waals surface area contributed by atoms with Crippen molar-refractivity contribution in [2.45, 2.75) is 11.8 Å². The van der Waals surface area contributed by atoms with Crippen molar-refractivity contribution in [2.24, 2.45) is 0 Å². The van der Waals surface area contributed by atoms with Crippen LogP contribution in [0.15, 0.2) is 0 Å². The molecule has 0 aromatic carbocycles. The van der Waals surface area contributed by atoms with Gasteiger partial charge in [-0.15, -0.1) is 11.6 Å². The highest BCUT2D eigenvalue weighted by molar-refractivity contribution is 7.98. The van der Waals surface area contributed by atoms with Crippen molar-refractivity contribution >= 4 is 35.2 Å².